The highest BCUT2D eigenvalue weighted by Gasteiger charge is 2.16. The van der Waals surface area contributed by atoms with E-state index in [1.165, 1.54) is 4.90 Å². The maximum Gasteiger partial charge on any atom is 0.209 e. The second-order valence-corrected chi connectivity index (χ2v) is 5.23. The topological polar surface area (TPSA) is 89.4 Å². The van der Waals surface area contributed by atoms with Crippen LogP contribution in [0.25, 0.3) is 0 Å². The molecule has 0 aliphatic carbocycles. The Kier molecular flexibility index (Phi) is 7.84. The molecular formula is C7H18N2O3S. The fourth-order valence-corrected chi connectivity index (χ4v) is 2.24. The van der Waals surface area contributed by atoms with Gasteiger partial charge in [0.05, 0.1) is 11.5 Å². The minimum absolute atomic E-state index is 0. The predicted octanol–water partition coefficient (Wildman–Crippen LogP) is 0.0614. The molecule has 0 saturated carbocycles. The molecule has 0 atom stereocenters. The van der Waals surface area contributed by atoms with Gasteiger partial charge in [-0.3, -0.25) is 4.79 Å². The van der Waals surface area contributed by atoms with E-state index in [1.807, 2.05) is 0 Å². The van der Waals surface area contributed by atoms with Crippen LogP contribution in [-0.4, -0.2) is 45.3 Å². The number of rotatable bonds is 1. The lowest BCUT2D eigenvalue weighted by Crippen LogP contribution is -2.06. The maximum absolute atomic E-state index is 10.4. The molecule has 5 nitrogen and oxygen atoms in total. The first-order valence-corrected chi connectivity index (χ1v) is 5.62. The molecule has 80 valence electrons. The smallest absolute Gasteiger partial charge is 0.209 e. The van der Waals surface area contributed by atoms with E-state index in [2.05, 4.69) is 0 Å². The molecule has 0 radical (unpaired) electrons. The van der Waals surface area contributed by atoms with Crippen molar-refractivity contribution in [2.24, 2.45) is 0 Å². The number of carbonyl (C=O) groups excluding carboxylic acids is 1. The van der Waals surface area contributed by atoms with Crippen molar-refractivity contribution in [2.75, 3.05) is 25.6 Å². The fraction of sp³-hybridized carbons (Fsp3) is 0.857. The lowest BCUT2D eigenvalue weighted by atomic mass is 10.4. The predicted molar refractivity (Wildman–Crippen MR) is 52.7 cm³/mol. The molecule has 0 unspecified atom stereocenters. The van der Waals surface area contributed by atoms with E-state index in [1.54, 1.807) is 14.1 Å². The number of carbonyl (C=O) groups is 1. The number of sulfone groups is 1. The van der Waals surface area contributed by atoms with Gasteiger partial charge < -0.3 is 11.1 Å². The number of hydrogen-bond donors (Lipinski definition) is 1. The monoisotopic (exact) mass is 210 g/mol. The number of hydrogen-bond acceptors (Lipinski definition) is 4. The van der Waals surface area contributed by atoms with Crippen LogP contribution in [0.4, 0.5) is 0 Å². The molecule has 0 spiro atoms. The molecule has 0 aromatic heterocycles. The van der Waals surface area contributed by atoms with Gasteiger partial charge >= 0.3 is 0 Å². The lowest BCUT2D eigenvalue weighted by molar-refractivity contribution is -0.115. The molecule has 1 heterocycles. The van der Waals surface area contributed by atoms with Crippen LogP contribution in [-0.2, 0) is 14.6 Å². The third kappa shape index (κ3) is 9.29. The molecule has 1 rings (SSSR count). The Hall–Kier alpha value is -0.620. The highest BCUT2D eigenvalue weighted by Crippen LogP contribution is 2.08. The zero-order valence-corrected chi connectivity index (χ0v) is 9.01. The van der Waals surface area contributed by atoms with E-state index < -0.39 is 9.84 Å². The second kappa shape index (κ2) is 6.85. The van der Waals surface area contributed by atoms with Gasteiger partial charge in [0.25, 0.3) is 0 Å². The number of nitrogens with zero attached hydrogens (tertiary/aromatic N) is 1. The molecule has 1 amide bonds. The molecule has 0 bridgehead atoms. The Morgan fingerprint density at radius 3 is 1.54 bits per heavy atom. The summed E-state index contributed by atoms with van der Waals surface area (Å²) in [5.41, 5.74) is 0. The summed E-state index contributed by atoms with van der Waals surface area (Å²) >= 11 is 0. The summed E-state index contributed by atoms with van der Waals surface area (Å²) in [6, 6.07) is 0. The van der Waals surface area contributed by atoms with Crippen molar-refractivity contribution < 1.29 is 13.2 Å². The Morgan fingerprint density at radius 2 is 1.46 bits per heavy atom. The Labute approximate surface area is 79.6 Å². The van der Waals surface area contributed by atoms with Crippen molar-refractivity contribution in [2.45, 2.75) is 12.8 Å². The van der Waals surface area contributed by atoms with Crippen molar-refractivity contribution in [3.8, 4) is 0 Å². The van der Waals surface area contributed by atoms with E-state index in [9.17, 15) is 13.2 Å². The third-order valence-electron chi connectivity index (χ3n) is 1.37. The van der Waals surface area contributed by atoms with E-state index in [0.29, 0.717) is 11.5 Å². The summed E-state index contributed by atoms with van der Waals surface area (Å²) in [6.45, 7) is 0. The average molecular weight is 210 g/mol. The molecule has 0 aromatic carbocycles. The van der Waals surface area contributed by atoms with E-state index >= 15 is 0 Å². The minimum atomic E-state index is -2.55. The van der Waals surface area contributed by atoms with Crippen LogP contribution >= 0.6 is 0 Å². The zero-order chi connectivity index (χ0) is 9.61. The van der Waals surface area contributed by atoms with Crippen LogP contribution < -0.4 is 6.15 Å². The van der Waals surface area contributed by atoms with Gasteiger partial charge in [0, 0.05) is 14.1 Å². The normalized spacial score (nSPS) is 17.7. The summed E-state index contributed by atoms with van der Waals surface area (Å²) < 4.78 is 20.9. The van der Waals surface area contributed by atoms with Gasteiger partial charge in [-0.25, -0.2) is 8.42 Å². The average Bonchev–Trinajstić information content (AvgIpc) is 2.35. The Balaban J connectivity index is 0. The van der Waals surface area contributed by atoms with Crippen molar-refractivity contribution >= 4 is 16.2 Å². The first kappa shape index (κ1) is 14.9. The van der Waals surface area contributed by atoms with Gasteiger partial charge in [0.1, 0.15) is 9.84 Å². The molecule has 6 heteroatoms. The van der Waals surface area contributed by atoms with E-state index in [0.717, 1.165) is 19.3 Å². The van der Waals surface area contributed by atoms with Crippen molar-refractivity contribution in [1.29, 1.82) is 0 Å². The zero-order valence-electron chi connectivity index (χ0n) is 8.19. The second-order valence-electron chi connectivity index (χ2n) is 2.93. The molecule has 1 fully saturated rings. The van der Waals surface area contributed by atoms with Crippen LogP contribution in [0, 0.1) is 0 Å². The summed E-state index contributed by atoms with van der Waals surface area (Å²) in [5, 5.41) is 0. The minimum Gasteiger partial charge on any atom is -0.351 e. The van der Waals surface area contributed by atoms with Gasteiger partial charge in [0.15, 0.2) is 0 Å². The molecule has 3 N–H and O–H groups in total. The highest BCUT2D eigenvalue weighted by atomic mass is 32.2. The van der Waals surface area contributed by atoms with Gasteiger partial charge in [0.2, 0.25) is 6.41 Å². The standard InChI is InChI=1S/C4H8O2S.C3H7NO.H3N/c5-7(6)3-1-2-4-7;1-4(2)3-5;/h1-4H2;3H,1-2H3;1H3. The van der Waals surface area contributed by atoms with Gasteiger partial charge in [-0.05, 0) is 12.8 Å². The first-order valence-electron chi connectivity index (χ1n) is 3.80. The molecule has 0 aromatic rings. The Bertz CT molecular complexity index is 212. The van der Waals surface area contributed by atoms with Crippen LogP contribution in [0.5, 0.6) is 0 Å². The number of amides is 1. The molecule has 1 aliphatic heterocycles. The Morgan fingerprint density at radius 1 is 1.15 bits per heavy atom. The largest absolute Gasteiger partial charge is 0.351 e. The van der Waals surface area contributed by atoms with Crippen LogP contribution in [0.15, 0.2) is 0 Å². The summed E-state index contributed by atoms with van der Waals surface area (Å²) in [5.74, 6) is 0.847. The first-order chi connectivity index (χ1) is 5.48. The van der Waals surface area contributed by atoms with Crippen molar-refractivity contribution in [3.05, 3.63) is 0 Å². The molecule has 13 heavy (non-hydrogen) atoms. The van der Waals surface area contributed by atoms with E-state index in [-0.39, 0.29) is 6.15 Å². The summed E-state index contributed by atoms with van der Waals surface area (Å²) in [6.07, 6.45) is 2.50. The molecular weight excluding hydrogens is 192 g/mol. The van der Waals surface area contributed by atoms with Crippen LogP contribution in [0.1, 0.15) is 12.8 Å². The quantitative estimate of drug-likeness (QED) is 0.620. The van der Waals surface area contributed by atoms with Crippen molar-refractivity contribution in [1.82, 2.24) is 11.1 Å². The summed E-state index contributed by atoms with van der Waals surface area (Å²) in [7, 11) is 0.829. The lowest BCUT2D eigenvalue weighted by Gasteiger charge is -1.93. The van der Waals surface area contributed by atoms with Gasteiger partial charge in [-0.15, -0.1) is 0 Å². The molecule has 1 saturated heterocycles. The summed E-state index contributed by atoms with van der Waals surface area (Å²) in [4.78, 5) is 10.9. The maximum atomic E-state index is 10.4. The highest BCUT2D eigenvalue weighted by molar-refractivity contribution is 7.91. The van der Waals surface area contributed by atoms with Crippen LogP contribution in [0.2, 0.25) is 0 Å². The van der Waals surface area contributed by atoms with Crippen LogP contribution in [0.3, 0.4) is 0 Å². The van der Waals surface area contributed by atoms with Crippen molar-refractivity contribution in [3.63, 3.8) is 0 Å². The van der Waals surface area contributed by atoms with Gasteiger partial charge in [-0.1, -0.05) is 0 Å². The fourth-order valence-electron chi connectivity index (χ4n) is 0.746. The van der Waals surface area contributed by atoms with Gasteiger partial charge in [-0.2, -0.15) is 0 Å². The SMILES string of the molecule is CN(C)C=O.N.O=S1(=O)CCCC1. The third-order valence-corrected chi connectivity index (χ3v) is 3.19. The van der Waals surface area contributed by atoms with E-state index in [4.69, 9.17) is 0 Å². The molecule has 1 aliphatic rings.